The fourth-order valence-corrected chi connectivity index (χ4v) is 4.21. The summed E-state index contributed by atoms with van der Waals surface area (Å²) in [6, 6.07) is 10.8. The van der Waals surface area contributed by atoms with Crippen molar-refractivity contribution in [1.29, 1.82) is 0 Å². The van der Waals surface area contributed by atoms with Gasteiger partial charge in [0.15, 0.2) is 12.2 Å². The number of fused-ring (bicyclic) bond motifs is 1. The number of oxazole rings is 1. The van der Waals surface area contributed by atoms with Gasteiger partial charge >= 0.3 is 0 Å². The Morgan fingerprint density at radius 2 is 2.04 bits per heavy atom. The number of rotatable bonds is 3. The number of halogens is 3. The minimum atomic E-state index is -0.282. The van der Waals surface area contributed by atoms with Crippen LogP contribution in [0, 0.1) is 12.7 Å². The summed E-state index contributed by atoms with van der Waals surface area (Å²) in [5.74, 6) is 0.148. The van der Waals surface area contributed by atoms with Crippen LogP contribution >= 0.6 is 31.9 Å². The fourth-order valence-electron chi connectivity index (χ4n) is 3.19. The first-order valence-electron chi connectivity index (χ1n) is 8.57. The number of anilines is 1. The lowest BCUT2D eigenvalue weighted by atomic mass is 10.1. The van der Waals surface area contributed by atoms with Gasteiger partial charge in [-0.1, -0.05) is 34.1 Å². The van der Waals surface area contributed by atoms with Crippen LogP contribution in [-0.4, -0.2) is 10.9 Å². The van der Waals surface area contributed by atoms with E-state index in [0.717, 1.165) is 31.3 Å². The van der Waals surface area contributed by atoms with Crippen molar-refractivity contribution >= 4 is 53.5 Å². The van der Waals surface area contributed by atoms with Crippen molar-refractivity contribution in [2.75, 3.05) is 4.90 Å². The molecule has 1 aromatic heterocycles. The summed E-state index contributed by atoms with van der Waals surface area (Å²) in [6.07, 6.45) is 3.07. The van der Waals surface area contributed by atoms with Gasteiger partial charge in [-0.15, -0.1) is 0 Å². The largest absolute Gasteiger partial charge is 0.444 e. The van der Waals surface area contributed by atoms with Crippen LogP contribution in [-0.2, 0) is 11.3 Å². The summed E-state index contributed by atoms with van der Waals surface area (Å²) >= 11 is 7.13. The normalized spacial score (nSPS) is 14.3. The highest BCUT2D eigenvalue weighted by molar-refractivity contribution is 9.15. The van der Waals surface area contributed by atoms with E-state index < -0.39 is 0 Å². The molecular formula is C21H15Br2FN2O2. The standard InChI is InChI=1S/C21H15Br2FN2O2/c1-12-2-3-13(6-17(12)24)10-26-18-7-14(22)4-5-15(18)21(23)16(8-20(26)27)19-9-25-11-28-19/h2-7,9,11H,8,10H2,1H3. The summed E-state index contributed by atoms with van der Waals surface area (Å²) in [5, 5.41) is 0. The van der Waals surface area contributed by atoms with E-state index >= 15 is 0 Å². The molecule has 0 radical (unpaired) electrons. The van der Waals surface area contributed by atoms with Crippen molar-refractivity contribution in [3.63, 3.8) is 0 Å². The molecule has 2 aromatic carbocycles. The molecule has 0 spiro atoms. The lowest BCUT2D eigenvalue weighted by Crippen LogP contribution is -2.30. The van der Waals surface area contributed by atoms with Gasteiger partial charge in [-0.25, -0.2) is 9.37 Å². The van der Waals surface area contributed by atoms with E-state index in [4.69, 9.17) is 4.42 Å². The first-order valence-corrected chi connectivity index (χ1v) is 10.2. The van der Waals surface area contributed by atoms with E-state index in [9.17, 15) is 9.18 Å². The van der Waals surface area contributed by atoms with Crippen LogP contribution in [0.15, 0.2) is 57.9 Å². The van der Waals surface area contributed by atoms with Gasteiger partial charge in [-0.05, 0) is 52.2 Å². The second-order valence-corrected chi connectivity index (χ2v) is 8.27. The van der Waals surface area contributed by atoms with Gasteiger partial charge in [0.1, 0.15) is 5.82 Å². The predicted octanol–water partition coefficient (Wildman–Crippen LogP) is 6.08. The summed E-state index contributed by atoms with van der Waals surface area (Å²) in [7, 11) is 0. The Labute approximate surface area is 178 Å². The van der Waals surface area contributed by atoms with E-state index in [1.54, 1.807) is 24.1 Å². The molecular weight excluding hydrogens is 491 g/mol. The Kier molecular flexibility index (Phi) is 5.21. The third kappa shape index (κ3) is 3.56. The highest BCUT2D eigenvalue weighted by atomic mass is 79.9. The number of carbonyl (C=O) groups excluding carboxylic acids is 1. The van der Waals surface area contributed by atoms with E-state index in [0.29, 0.717) is 11.3 Å². The number of hydrogen-bond acceptors (Lipinski definition) is 3. The third-order valence-corrected chi connectivity index (χ3v) is 6.09. The van der Waals surface area contributed by atoms with Crippen molar-refractivity contribution in [3.8, 4) is 0 Å². The molecule has 7 heteroatoms. The van der Waals surface area contributed by atoms with Crippen LogP contribution in [0.2, 0.25) is 0 Å². The molecule has 0 aliphatic carbocycles. The molecule has 0 N–H and O–H groups in total. The van der Waals surface area contributed by atoms with E-state index in [1.807, 2.05) is 24.3 Å². The maximum Gasteiger partial charge on any atom is 0.231 e. The van der Waals surface area contributed by atoms with E-state index in [1.165, 1.54) is 12.5 Å². The molecule has 0 atom stereocenters. The maximum absolute atomic E-state index is 14.0. The highest BCUT2D eigenvalue weighted by Crippen LogP contribution is 2.43. The Bertz CT molecular complexity index is 1090. The fraction of sp³-hybridized carbons (Fsp3) is 0.143. The van der Waals surface area contributed by atoms with Crippen molar-refractivity contribution < 1.29 is 13.6 Å². The number of aryl methyl sites for hydroxylation is 1. The molecule has 0 unspecified atom stereocenters. The van der Waals surface area contributed by atoms with Crippen molar-refractivity contribution in [1.82, 2.24) is 4.98 Å². The number of carbonyl (C=O) groups is 1. The molecule has 3 aromatic rings. The summed E-state index contributed by atoms with van der Waals surface area (Å²) in [5.41, 5.74) is 3.62. The summed E-state index contributed by atoms with van der Waals surface area (Å²) < 4.78 is 21.1. The van der Waals surface area contributed by atoms with E-state index in [2.05, 4.69) is 36.8 Å². The van der Waals surface area contributed by atoms with E-state index in [-0.39, 0.29) is 24.7 Å². The molecule has 4 rings (SSSR count). The second-order valence-electron chi connectivity index (χ2n) is 6.56. The smallest absolute Gasteiger partial charge is 0.231 e. The first kappa shape index (κ1) is 19.1. The lowest BCUT2D eigenvalue weighted by Gasteiger charge is -2.24. The van der Waals surface area contributed by atoms with Gasteiger partial charge in [-0.3, -0.25) is 4.79 Å². The number of benzene rings is 2. The molecule has 1 aliphatic rings. The quantitative estimate of drug-likeness (QED) is 0.433. The average Bonchev–Trinajstić information content (AvgIpc) is 3.17. The molecule has 1 aliphatic heterocycles. The molecule has 0 saturated carbocycles. The molecule has 0 saturated heterocycles. The first-order chi connectivity index (χ1) is 13.4. The molecule has 4 nitrogen and oxygen atoms in total. The van der Waals surface area contributed by atoms with Crippen LogP contribution in [0.4, 0.5) is 10.1 Å². The third-order valence-electron chi connectivity index (χ3n) is 4.69. The SMILES string of the molecule is Cc1ccc(CN2C(=O)CC(c3cnco3)=C(Br)c3ccc(Br)cc32)cc1F. The number of aromatic nitrogens is 1. The van der Waals surface area contributed by atoms with Crippen molar-refractivity contribution in [2.24, 2.45) is 0 Å². The van der Waals surface area contributed by atoms with Crippen LogP contribution in [0.25, 0.3) is 10.1 Å². The zero-order valence-electron chi connectivity index (χ0n) is 14.9. The molecule has 142 valence electrons. The van der Waals surface area contributed by atoms with Gasteiger partial charge in [-0.2, -0.15) is 0 Å². The number of hydrogen-bond donors (Lipinski definition) is 0. The number of amides is 1. The highest BCUT2D eigenvalue weighted by Gasteiger charge is 2.29. The zero-order valence-corrected chi connectivity index (χ0v) is 18.0. The Morgan fingerprint density at radius 1 is 1.21 bits per heavy atom. The Hall–Kier alpha value is -2.25. The summed E-state index contributed by atoms with van der Waals surface area (Å²) in [4.78, 5) is 18.8. The van der Waals surface area contributed by atoms with Gasteiger partial charge < -0.3 is 9.32 Å². The molecule has 2 heterocycles. The molecule has 28 heavy (non-hydrogen) atoms. The topological polar surface area (TPSA) is 46.3 Å². The van der Waals surface area contributed by atoms with Gasteiger partial charge in [0, 0.05) is 20.1 Å². The van der Waals surface area contributed by atoms with Crippen molar-refractivity contribution in [2.45, 2.75) is 19.9 Å². The second kappa shape index (κ2) is 7.64. The Morgan fingerprint density at radius 3 is 2.75 bits per heavy atom. The van der Waals surface area contributed by atoms with Gasteiger partial charge in [0.25, 0.3) is 0 Å². The lowest BCUT2D eigenvalue weighted by molar-refractivity contribution is -0.117. The molecule has 0 bridgehead atoms. The maximum atomic E-state index is 14.0. The average molecular weight is 506 g/mol. The number of nitrogens with zero attached hydrogens (tertiary/aromatic N) is 2. The predicted molar refractivity (Wildman–Crippen MR) is 113 cm³/mol. The van der Waals surface area contributed by atoms with Crippen LogP contribution in [0.5, 0.6) is 0 Å². The van der Waals surface area contributed by atoms with Crippen LogP contribution < -0.4 is 4.90 Å². The van der Waals surface area contributed by atoms with Gasteiger partial charge in [0.2, 0.25) is 5.91 Å². The summed E-state index contributed by atoms with van der Waals surface area (Å²) in [6.45, 7) is 1.98. The molecule has 1 amide bonds. The zero-order chi connectivity index (χ0) is 19.8. The van der Waals surface area contributed by atoms with Gasteiger partial charge in [0.05, 0.1) is 24.8 Å². The molecule has 0 fully saturated rings. The Balaban J connectivity index is 1.82. The van der Waals surface area contributed by atoms with Crippen molar-refractivity contribution in [3.05, 3.63) is 81.7 Å². The van der Waals surface area contributed by atoms with Crippen LogP contribution in [0.3, 0.4) is 0 Å². The monoisotopic (exact) mass is 504 g/mol. The minimum Gasteiger partial charge on any atom is -0.444 e. The van der Waals surface area contributed by atoms with Crippen LogP contribution in [0.1, 0.15) is 28.9 Å². The minimum absolute atomic E-state index is 0.110.